The highest BCUT2D eigenvalue weighted by atomic mass is 15.1. The topological polar surface area (TPSA) is 27.0 Å². The van der Waals surface area contributed by atoms with Gasteiger partial charge in [-0.1, -0.05) is 12.2 Å². The SMILES string of the molecule is CN1C=C(CC#N)C=CC1. The number of likely N-dealkylation sites (N-methyl/N-ethyl adjacent to an activating group) is 1. The molecule has 0 unspecified atom stereocenters. The van der Waals surface area contributed by atoms with Gasteiger partial charge in [-0.15, -0.1) is 0 Å². The maximum Gasteiger partial charge on any atom is 0.0670 e. The monoisotopic (exact) mass is 134 g/mol. The second kappa shape index (κ2) is 3.07. The Morgan fingerprint density at radius 1 is 1.80 bits per heavy atom. The van der Waals surface area contributed by atoms with E-state index in [9.17, 15) is 0 Å². The van der Waals surface area contributed by atoms with Crippen molar-refractivity contribution in [3.05, 3.63) is 23.9 Å². The summed E-state index contributed by atoms with van der Waals surface area (Å²) in [5, 5.41) is 8.36. The van der Waals surface area contributed by atoms with Crippen LogP contribution in [0.4, 0.5) is 0 Å². The highest BCUT2D eigenvalue weighted by molar-refractivity contribution is 5.24. The molecule has 0 N–H and O–H groups in total. The molecule has 0 aromatic heterocycles. The summed E-state index contributed by atoms with van der Waals surface area (Å²) < 4.78 is 0. The molecule has 1 rings (SSSR count). The third-order valence-corrected chi connectivity index (χ3v) is 1.39. The van der Waals surface area contributed by atoms with Crippen LogP contribution in [0.5, 0.6) is 0 Å². The summed E-state index contributed by atoms with van der Waals surface area (Å²) in [6, 6.07) is 2.11. The van der Waals surface area contributed by atoms with E-state index >= 15 is 0 Å². The van der Waals surface area contributed by atoms with Crippen molar-refractivity contribution in [2.24, 2.45) is 0 Å². The average molecular weight is 134 g/mol. The van der Waals surface area contributed by atoms with Crippen LogP contribution < -0.4 is 0 Å². The standard InChI is InChI=1S/C8H10N2/c1-10-6-2-3-8(7-10)4-5-9/h2-3,7H,4,6H2,1H3. The zero-order valence-electron chi connectivity index (χ0n) is 6.04. The Morgan fingerprint density at radius 3 is 3.20 bits per heavy atom. The fourth-order valence-electron chi connectivity index (χ4n) is 0.945. The van der Waals surface area contributed by atoms with Crippen molar-refractivity contribution >= 4 is 0 Å². The Kier molecular flexibility index (Phi) is 2.11. The van der Waals surface area contributed by atoms with Gasteiger partial charge in [0.25, 0.3) is 0 Å². The minimum atomic E-state index is 0.515. The number of hydrogen-bond acceptors (Lipinski definition) is 2. The van der Waals surface area contributed by atoms with Crippen LogP contribution in [-0.2, 0) is 0 Å². The summed E-state index contributed by atoms with van der Waals surface area (Å²) in [7, 11) is 2.00. The average Bonchev–Trinajstić information content (AvgIpc) is 1.88. The van der Waals surface area contributed by atoms with Crippen molar-refractivity contribution in [1.82, 2.24) is 4.90 Å². The van der Waals surface area contributed by atoms with Crippen molar-refractivity contribution in [2.75, 3.05) is 13.6 Å². The Morgan fingerprint density at radius 2 is 2.60 bits per heavy atom. The van der Waals surface area contributed by atoms with E-state index < -0.39 is 0 Å². The van der Waals surface area contributed by atoms with E-state index in [0.29, 0.717) is 6.42 Å². The number of nitrogens with zero attached hydrogens (tertiary/aromatic N) is 2. The molecule has 0 atom stereocenters. The molecule has 1 aliphatic rings. The van der Waals surface area contributed by atoms with Gasteiger partial charge in [0, 0.05) is 19.8 Å². The predicted molar refractivity (Wildman–Crippen MR) is 40.1 cm³/mol. The Balaban J connectivity index is 2.59. The fourth-order valence-corrected chi connectivity index (χ4v) is 0.945. The van der Waals surface area contributed by atoms with E-state index in [1.54, 1.807) is 0 Å². The second-order valence-electron chi connectivity index (χ2n) is 2.38. The lowest BCUT2D eigenvalue weighted by Gasteiger charge is -2.15. The van der Waals surface area contributed by atoms with Crippen molar-refractivity contribution in [3.63, 3.8) is 0 Å². The molecule has 0 saturated carbocycles. The number of allylic oxidation sites excluding steroid dienone is 2. The molecular weight excluding hydrogens is 124 g/mol. The zero-order chi connectivity index (χ0) is 7.40. The molecular formula is C8H10N2. The third-order valence-electron chi connectivity index (χ3n) is 1.39. The summed E-state index contributed by atoms with van der Waals surface area (Å²) >= 11 is 0. The quantitative estimate of drug-likeness (QED) is 0.540. The molecule has 0 aromatic rings. The Hall–Kier alpha value is -1.23. The number of nitriles is 1. The van der Waals surface area contributed by atoms with Gasteiger partial charge in [0.1, 0.15) is 0 Å². The maximum absolute atomic E-state index is 8.36. The van der Waals surface area contributed by atoms with E-state index in [1.807, 2.05) is 19.3 Å². The lowest BCUT2D eigenvalue weighted by Crippen LogP contribution is -2.13. The molecule has 1 heterocycles. The van der Waals surface area contributed by atoms with Crippen molar-refractivity contribution in [2.45, 2.75) is 6.42 Å². The van der Waals surface area contributed by atoms with Gasteiger partial charge in [-0.05, 0) is 5.57 Å². The van der Waals surface area contributed by atoms with E-state index in [0.717, 1.165) is 12.1 Å². The Bertz CT molecular complexity index is 208. The summed E-state index contributed by atoms with van der Waals surface area (Å²) in [6.45, 7) is 0.953. The van der Waals surface area contributed by atoms with Crippen LogP contribution in [0, 0.1) is 11.3 Å². The largest absolute Gasteiger partial charge is 0.376 e. The van der Waals surface area contributed by atoms with Crippen LogP contribution in [0.25, 0.3) is 0 Å². The maximum atomic E-state index is 8.36. The lowest BCUT2D eigenvalue weighted by atomic mass is 10.1. The highest BCUT2D eigenvalue weighted by Gasteiger charge is 1.98. The zero-order valence-corrected chi connectivity index (χ0v) is 6.04. The minimum Gasteiger partial charge on any atom is -0.376 e. The molecule has 0 radical (unpaired) electrons. The first kappa shape index (κ1) is 6.88. The van der Waals surface area contributed by atoms with Crippen molar-refractivity contribution in [3.8, 4) is 6.07 Å². The summed E-state index contributed by atoms with van der Waals surface area (Å²) in [5.74, 6) is 0. The molecule has 1 aliphatic heterocycles. The second-order valence-corrected chi connectivity index (χ2v) is 2.38. The van der Waals surface area contributed by atoms with Gasteiger partial charge in [0.05, 0.1) is 12.5 Å². The smallest absolute Gasteiger partial charge is 0.0670 e. The molecule has 10 heavy (non-hydrogen) atoms. The molecule has 0 bridgehead atoms. The fraction of sp³-hybridized carbons (Fsp3) is 0.375. The predicted octanol–water partition coefficient (Wildman–Crippen LogP) is 1.29. The van der Waals surface area contributed by atoms with E-state index in [1.165, 1.54) is 0 Å². The van der Waals surface area contributed by atoms with Crippen molar-refractivity contribution in [1.29, 1.82) is 5.26 Å². The third kappa shape index (κ3) is 1.63. The highest BCUT2D eigenvalue weighted by Crippen LogP contribution is 2.08. The van der Waals surface area contributed by atoms with Crippen LogP contribution in [0.15, 0.2) is 23.9 Å². The van der Waals surface area contributed by atoms with Crippen LogP contribution in [-0.4, -0.2) is 18.5 Å². The Labute approximate surface area is 61.1 Å². The molecule has 2 heteroatoms. The normalized spacial score (nSPS) is 16.4. The van der Waals surface area contributed by atoms with Gasteiger partial charge in [-0.25, -0.2) is 0 Å². The summed E-state index contributed by atoms with van der Waals surface area (Å²) in [6.07, 6.45) is 6.58. The molecule has 2 nitrogen and oxygen atoms in total. The summed E-state index contributed by atoms with van der Waals surface area (Å²) in [4.78, 5) is 2.06. The van der Waals surface area contributed by atoms with E-state index in [-0.39, 0.29) is 0 Å². The molecule has 0 amide bonds. The first-order valence-corrected chi connectivity index (χ1v) is 3.27. The van der Waals surface area contributed by atoms with E-state index in [4.69, 9.17) is 5.26 Å². The van der Waals surface area contributed by atoms with Crippen LogP contribution in [0.2, 0.25) is 0 Å². The molecule has 0 aromatic carbocycles. The first-order chi connectivity index (χ1) is 4.83. The molecule has 0 aliphatic carbocycles. The molecule has 0 saturated heterocycles. The van der Waals surface area contributed by atoms with Gasteiger partial charge < -0.3 is 4.90 Å². The minimum absolute atomic E-state index is 0.515. The molecule has 52 valence electrons. The van der Waals surface area contributed by atoms with Gasteiger partial charge in [0.15, 0.2) is 0 Å². The van der Waals surface area contributed by atoms with E-state index in [2.05, 4.69) is 17.0 Å². The number of rotatable bonds is 1. The lowest BCUT2D eigenvalue weighted by molar-refractivity contribution is 0.499. The summed E-state index contributed by atoms with van der Waals surface area (Å²) in [5.41, 5.74) is 1.09. The van der Waals surface area contributed by atoms with Crippen LogP contribution in [0.1, 0.15) is 6.42 Å². The van der Waals surface area contributed by atoms with Gasteiger partial charge in [-0.2, -0.15) is 5.26 Å². The van der Waals surface area contributed by atoms with Crippen LogP contribution >= 0.6 is 0 Å². The first-order valence-electron chi connectivity index (χ1n) is 3.27. The molecule has 0 spiro atoms. The van der Waals surface area contributed by atoms with Gasteiger partial charge >= 0.3 is 0 Å². The van der Waals surface area contributed by atoms with Gasteiger partial charge in [0.2, 0.25) is 0 Å². The van der Waals surface area contributed by atoms with Gasteiger partial charge in [-0.3, -0.25) is 0 Å². The van der Waals surface area contributed by atoms with Crippen LogP contribution in [0.3, 0.4) is 0 Å². The number of hydrogen-bond donors (Lipinski definition) is 0. The molecule has 0 fully saturated rings. The van der Waals surface area contributed by atoms with Crippen molar-refractivity contribution < 1.29 is 0 Å².